The molecular weight excluding hydrogens is 164 g/mol. The lowest BCUT2D eigenvalue weighted by molar-refractivity contribution is -0.140. The van der Waals surface area contributed by atoms with E-state index in [1.165, 1.54) is 0 Å². The number of rotatable bonds is 2. The summed E-state index contributed by atoms with van der Waals surface area (Å²) in [7, 11) is 0. The molecule has 0 aromatic rings. The van der Waals surface area contributed by atoms with Crippen LogP contribution >= 0.6 is 11.8 Å². The minimum Gasteiger partial charge on any atom is -0.481 e. The van der Waals surface area contributed by atoms with E-state index in [-0.39, 0.29) is 18.1 Å². The Morgan fingerprint density at radius 2 is 2.45 bits per heavy atom. The number of thioether (sulfide) groups is 1. The Morgan fingerprint density at radius 3 is 3.00 bits per heavy atom. The third-order valence-corrected chi connectivity index (χ3v) is 2.82. The van der Waals surface area contributed by atoms with Crippen LogP contribution in [0.2, 0.25) is 0 Å². The number of hydrogen-bond donors (Lipinski definition) is 1. The second-order valence-corrected chi connectivity index (χ2v) is 3.74. The highest BCUT2D eigenvalue weighted by molar-refractivity contribution is 7.99. The topological polar surface area (TPSA) is 54.4 Å². The molecule has 1 saturated heterocycles. The lowest BCUT2D eigenvalue weighted by Gasteiger charge is -2.17. The molecule has 1 atom stereocenters. The van der Waals surface area contributed by atoms with Crippen LogP contribution in [0.4, 0.5) is 0 Å². The lowest BCUT2D eigenvalue weighted by atomic mass is 10.0. The van der Waals surface area contributed by atoms with E-state index >= 15 is 0 Å². The fraction of sp³-hybridized carbons (Fsp3) is 0.714. The predicted molar refractivity (Wildman–Crippen MR) is 42.7 cm³/mol. The highest BCUT2D eigenvalue weighted by Crippen LogP contribution is 2.21. The van der Waals surface area contributed by atoms with Gasteiger partial charge in [-0.1, -0.05) is 0 Å². The molecule has 0 spiro atoms. The molecule has 1 heterocycles. The molecule has 0 saturated carbocycles. The first-order chi connectivity index (χ1) is 5.20. The third kappa shape index (κ3) is 2.54. The molecule has 0 aromatic carbocycles. The molecule has 4 heteroatoms. The van der Waals surface area contributed by atoms with Crippen LogP contribution in [0.25, 0.3) is 0 Å². The molecule has 1 aliphatic heterocycles. The fourth-order valence-corrected chi connectivity index (χ4v) is 2.18. The molecule has 1 rings (SSSR count). The van der Waals surface area contributed by atoms with Crippen LogP contribution in [-0.4, -0.2) is 28.4 Å². The summed E-state index contributed by atoms with van der Waals surface area (Å²) in [5.41, 5.74) is 0. The number of carboxylic acid groups (broad SMARTS) is 1. The van der Waals surface area contributed by atoms with Crippen LogP contribution in [0.5, 0.6) is 0 Å². The Hall–Kier alpha value is -0.510. The van der Waals surface area contributed by atoms with Gasteiger partial charge in [0.2, 0.25) is 0 Å². The van der Waals surface area contributed by atoms with Gasteiger partial charge in [0.1, 0.15) is 5.78 Å². The van der Waals surface area contributed by atoms with E-state index in [0.29, 0.717) is 12.2 Å². The predicted octanol–water partition coefficient (Wildman–Crippen LogP) is 0.783. The third-order valence-electron chi connectivity index (χ3n) is 1.69. The van der Waals surface area contributed by atoms with Crippen molar-refractivity contribution in [1.82, 2.24) is 0 Å². The summed E-state index contributed by atoms with van der Waals surface area (Å²) in [5, 5.41) is 8.42. The van der Waals surface area contributed by atoms with Crippen molar-refractivity contribution in [3.63, 3.8) is 0 Å². The Labute approximate surface area is 69.2 Å². The van der Waals surface area contributed by atoms with Crippen molar-refractivity contribution >= 4 is 23.5 Å². The van der Waals surface area contributed by atoms with Gasteiger partial charge in [-0.25, -0.2) is 0 Å². The van der Waals surface area contributed by atoms with Crippen LogP contribution < -0.4 is 0 Å². The number of ketones is 1. The summed E-state index contributed by atoms with van der Waals surface area (Å²) in [5.74, 6) is 0.559. The highest BCUT2D eigenvalue weighted by atomic mass is 32.2. The van der Waals surface area contributed by atoms with Crippen LogP contribution in [0.3, 0.4) is 0 Å². The first kappa shape index (κ1) is 8.59. The van der Waals surface area contributed by atoms with Gasteiger partial charge in [0.15, 0.2) is 0 Å². The number of carbonyl (C=O) groups is 2. The largest absolute Gasteiger partial charge is 0.481 e. The van der Waals surface area contributed by atoms with E-state index in [2.05, 4.69) is 0 Å². The average Bonchev–Trinajstić information content (AvgIpc) is 1.93. The zero-order valence-electron chi connectivity index (χ0n) is 6.08. The zero-order chi connectivity index (χ0) is 8.27. The number of Topliss-reactive ketones (excluding diaryl/α,β-unsaturated/α-hetero) is 1. The molecule has 1 aliphatic rings. The van der Waals surface area contributed by atoms with Gasteiger partial charge >= 0.3 is 5.97 Å². The Kier molecular flexibility index (Phi) is 2.93. The Bertz CT molecular complexity index is 179. The Morgan fingerprint density at radius 1 is 1.73 bits per heavy atom. The average molecular weight is 174 g/mol. The monoisotopic (exact) mass is 174 g/mol. The van der Waals surface area contributed by atoms with Crippen molar-refractivity contribution in [3.8, 4) is 0 Å². The van der Waals surface area contributed by atoms with Gasteiger partial charge in [-0.2, -0.15) is 11.8 Å². The van der Waals surface area contributed by atoms with Crippen molar-refractivity contribution in [2.45, 2.75) is 12.8 Å². The summed E-state index contributed by atoms with van der Waals surface area (Å²) < 4.78 is 0. The van der Waals surface area contributed by atoms with E-state index in [0.717, 1.165) is 5.75 Å². The van der Waals surface area contributed by atoms with Gasteiger partial charge in [-0.15, -0.1) is 0 Å². The van der Waals surface area contributed by atoms with Crippen molar-refractivity contribution in [2.75, 3.05) is 11.5 Å². The van der Waals surface area contributed by atoms with Crippen molar-refractivity contribution in [3.05, 3.63) is 0 Å². The van der Waals surface area contributed by atoms with E-state index in [9.17, 15) is 9.59 Å². The van der Waals surface area contributed by atoms with Crippen LogP contribution in [-0.2, 0) is 9.59 Å². The summed E-state index contributed by atoms with van der Waals surface area (Å²) in [4.78, 5) is 21.3. The molecule has 0 aromatic heterocycles. The van der Waals surface area contributed by atoms with Gasteiger partial charge < -0.3 is 5.11 Å². The Balaban J connectivity index is 2.42. The highest BCUT2D eigenvalue weighted by Gasteiger charge is 2.24. The van der Waals surface area contributed by atoms with E-state index in [1.54, 1.807) is 11.8 Å². The summed E-state index contributed by atoms with van der Waals surface area (Å²) in [6, 6.07) is 0. The van der Waals surface area contributed by atoms with Crippen molar-refractivity contribution in [1.29, 1.82) is 0 Å². The van der Waals surface area contributed by atoms with Crippen LogP contribution in [0.1, 0.15) is 12.8 Å². The number of carbonyl (C=O) groups excluding carboxylic acids is 1. The molecule has 11 heavy (non-hydrogen) atoms. The maximum atomic E-state index is 11.1. The first-order valence-electron chi connectivity index (χ1n) is 3.52. The summed E-state index contributed by atoms with van der Waals surface area (Å²) in [6.45, 7) is 0. The number of aliphatic carboxylic acids is 1. The smallest absolute Gasteiger partial charge is 0.304 e. The molecule has 0 amide bonds. The fourth-order valence-electron chi connectivity index (χ4n) is 1.08. The van der Waals surface area contributed by atoms with Crippen molar-refractivity contribution in [2.24, 2.45) is 5.92 Å². The van der Waals surface area contributed by atoms with Gasteiger partial charge in [0.05, 0.1) is 6.42 Å². The van der Waals surface area contributed by atoms with E-state index in [4.69, 9.17) is 5.11 Å². The van der Waals surface area contributed by atoms with Gasteiger partial charge in [0, 0.05) is 23.8 Å². The summed E-state index contributed by atoms with van der Waals surface area (Å²) in [6.07, 6.45) is 0.550. The molecule has 1 unspecified atom stereocenters. The van der Waals surface area contributed by atoms with E-state index < -0.39 is 5.97 Å². The normalized spacial score (nSPS) is 25.1. The van der Waals surface area contributed by atoms with E-state index in [1.807, 2.05) is 0 Å². The van der Waals surface area contributed by atoms with Gasteiger partial charge in [0.25, 0.3) is 0 Å². The van der Waals surface area contributed by atoms with Crippen LogP contribution in [0.15, 0.2) is 0 Å². The maximum Gasteiger partial charge on any atom is 0.304 e. The first-order valence-corrected chi connectivity index (χ1v) is 4.68. The van der Waals surface area contributed by atoms with Gasteiger partial charge in [-0.3, -0.25) is 9.59 Å². The van der Waals surface area contributed by atoms with Gasteiger partial charge in [-0.05, 0) is 0 Å². The zero-order valence-corrected chi connectivity index (χ0v) is 6.89. The molecule has 0 bridgehead atoms. The second-order valence-electron chi connectivity index (χ2n) is 2.59. The molecule has 3 nitrogen and oxygen atoms in total. The quantitative estimate of drug-likeness (QED) is 0.672. The summed E-state index contributed by atoms with van der Waals surface area (Å²) >= 11 is 1.66. The molecular formula is C7H10O3S. The molecule has 62 valence electrons. The minimum atomic E-state index is -0.870. The standard InChI is InChI=1S/C7H10O3S/c8-6-1-2-11-4-5(6)3-7(9)10/h5H,1-4H2,(H,9,10). The van der Waals surface area contributed by atoms with Crippen molar-refractivity contribution < 1.29 is 14.7 Å². The lowest BCUT2D eigenvalue weighted by Crippen LogP contribution is -2.24. The van der Waals surface area contributed by atoms with Crippen LogP contribution in [0, 0.1) is 5.92 Å². The maximum absolute atomic E-state index is 11.1. The molecule has 0 aliphatic carbocycles. The molecule has 1 N–H and O–H groups in total. The molecule has 1 fully saturated rings. The second kappa shape index (κ2) is 3.76. The minimum absolute atomic E-state index is 0.00579. The SMILES string of the molecule is O=C(O)CC1CSCCC1=O. The number of carboxylic acids is 1. The number of hydrogen-bond acceptors (Lipinski definition) is 3. The molecule has 0 radical (unpaired) electrons.